The first kappa shape index (κ1) is 14.4. The average molecular weight is 294 g/mol. The Balaban J connectivity index is 2.23. The minimum Gasteiger partial charge on any atom is -0.480 e. The fourth-order valence-electron chi connectivity index (χ4n) is 1.97. The van der Waals surface area contributed by atoms with Crippen LogP contribution in [0.2, 0.25) is 0 Å². The predicted molar refractivity (Wildman–Crippen MR) is 73.7 cm³/mol. The number of carboxylic acid groups (broad SMARTS) is 1. The van der Waals surface area contributed by atoms with Gasteiger partial charge in [-0.25, -0.2) is 4.79 Å². The lowest BCUT2D eigenvalue weighted by atomic mass is 10.1. The van der Waals surface area contributed by atoms with Crippen molar-refractivity contribution in [3.63, 3.8) is 0 Å². The average Bonchev–Trinajstić information content (AvgIpc) is 2.46. The van der Waals surface area contributed by atoms with Gasteiger partial charge in [-0.2, -0.15) is 0 Å². The third-order valence-electron chi connectivity index (χ3n) is 3.07. The minimum absolute atomic E-state index is 0.0667. The zero-order chi connectivity index (χ0) is 14.7. The van der Waals surface area contributed by atoms with Crippen molar-refractivity contribution in [3.05, 3.63) is 29.8 Å². The highest BCUT2D eigenvalue weighted by atomic mass is 32.2. The highest BCUT2D eigenvalue weighted by Crippen LogP contribution is 2.17. The summed E-state index contributed by atoms with van der Waals surface area (Å²) in [6.45, 7) is -0.303. The van der Waals surface area contributed by atoms with Gasteiger partial charge in [0.2, 0.25) is 5.91 Å². The van der Waals surface area contributed by atoms with Gasteiger partial charge in [-0.05, 0) is 30.5 Å². The third-order valence-corrected chi connectivity index (χ3v) is 3.81. The topological polar surface area (TPSA) is 86.7 Å². The molecule has 0 saturated carbocycles. The Morgan fingerprint density at radius 2 is 2.00 bits per heavy atom. The predicted octanol–water partition coefficient (Wildman–Crippen LogP) is 0.434. The van der Waals surface area contributed by atoms with E-state index in [-0.39, 0.29) is 19.0 Å². The van der Waals surface area contributed by atoms with Gasteiger partial charge in [0.25, 0.3) is 5.91 Å². The molecule has 106 valence electrons. The summed E-state index contributed by atoms with van der Waals surface area (Å²) in [7, 11) is 0. The second-order valence-corrected chi connectivity index (χ2v) is 5.20. The molecule has 0 aromatic heterocycles. The number of aliphatic carboxylic acids is 1. The van der Waals surface area contributed by atoms with Crippen molar-refractivity contribution >= 4 is 29.5 Å². The number of nitrogens with one attached hydrogen (secondary N) is 1. The summed E-state index contributed by atoms with van der Waals surface area (Å²) in [5, 5.41) is 11.6. The molecule has 1 fully saturated rings. The zero-order valence-corrected chi connectivity index (χ0v) is 11.6. The van der Waals surface area contributed by atoms with E-state index in [0.717, 1.165) is 9.80 Å². The van der Waals surface area contributed by atoms with Crippen molar-refractivity contribution in [1.82, 2.24) is 10.2 Å². The molecule has 0 bridgehead atoms. The Labute approximate surface area is 120 Å². The van der Waals surface area contributed by atoms with E-state index in [1.54, 1.807) is 36.0 Å². The van der Waals surface area contributed by atoms with Crippen LogP contribution in [0, 0.1) is 0 Å². The van der Waals surface area contributed by atoms with Gasteiger partial charge < -0.3 is 15.3 Å². The number of piperazine rings is 1. The van der Waals surface area contributed by atoms with E-state index in [9.17, 15) is 14.4 Å². The lowest BCUT2D eigenvalue weighted by molar-refractivity contribution is -0.144. The molecule has 1 aromatic rings. The molecule has 0 aliphatic carbocycles. The van der Waals surface area contributed by atoms with Gasteiger partial charge in [0, 0.05) is 17.0 Å². The summed E-state index contributed by atoms with van der Waals surface area (Å²) in [4.78, 5) is 37.0. The van der Waals surface area contributed by atoms with Crippen LogP contribution >= 0.6 is 11.8 Å². The number of carbonyl (C=O) groups excluding carboxylic acids is 2. The molecule has 2 amide bonds. The van der Waals surface area contributed by atoms with E-state index < -0.39 is 17.9 Å². The van der Waals surface area contributed by atoms with Gasteiger partial charge in [-0.15, -0.1) is 11.8 Å². The second-order valence-electron chi connectivity index (χ2n) is 4.32. The Morgan fingerprint density at radius 3 is 2.55 bits per heavy atom. The Hall–Kier alpha value is -2.02. The number of carboxylic acids is 1. The molecule has 1 atom stereocenters. The number of benzene rings is 1. The summed E-state index contributed by atoms with van der Waals surface area (Å²) in [6.07, 6.45) is 1.92. The first-order valence-electron chi connectivity index (χ1n) is 5.97. The Morgan fingerprint density at radius 1 is 1.35 bits per heavy atom. The van der Waals surface area contributed by atoms with E-state index in [1.807, 2.05) is 6.26 Å². The number of carbonyl (C=O) groups is 3. The number of thioether (sulfide) groups is 1. The summed E-state index contributed by atoms with van der Waals surface area (Å²) >= 11 is 1.55. The van der Waals surface area contributed by atoms with Crippen LogP contribution in [0.5, 0.6) is 0 Å². The van der Waals surface area contributed by atoms with E-state index >= 15 is 0 Å². The number of hydrogen-bond donors (Lipinski definition) is 2. The maximum Gasteiger partial charge on any atom is 0.328 e. The molecule has 1 saturated heterocycles. The van der Waals surface area contributed by atoms with Crippen molar-refractivity contribution in [3.8, 4) is 0 Å². The molecule has 1 unspecified atom stereocenters. The first-order valence-corrected chi connectivity index (χ1v) is 7.20. The normalized spacial score (nSPS) is 18.6. The third kappa shape index (κ3) is 2.93. The fraction of sp³-hybridized carbons (Fsp3) is 0.308. The Bertz CT molecular complexity index is 544. The fourth-order valence-corrected chi connectivity index (χ4v) is 2.38. The van der Waals surface area contributed by atoms with Crippen LogP contribution in [0.15, 0.2) is 29.2 Å². The van der Waals surface area contributed by atoms with Crippen LogP contribution in [0.1, 0.15) is 10.4 Å². The molecule has 7 heteroatoms. The maximum atomic E-state index is 12.3. The molecular weight excluding hydrogens is 280 g/mol. The quantitative estimate of drug-likeness (QED) is 0.790. The van der Waals surface area contributed by atoms with Crippen LogP contribution in [0.25, 0.3) is 0 Å². The molecule has 1 aliphatic rings. The van der Waals surface area contributed by atoms with Gasteiger partial charge in [0.05, 0.1) is 0 Å². The van der Waals surface area contributed by atoms with Gasteiger partial charge in [-0.1, -0.05) is 0 Å². The standard InChI is InChI=1S/C13H14N2O4S/c1-20-9-4-2-8(3-5-9)12(17)15-7-11(16)14-6-10(15)13(18)19/h2-5,10H,6-7H2,1H3,(H,14,16)(H,18,19). The lowest BCUT2D eigenvalue weighted by Crippen LogP contribution is -2.59. The largest absolute Gasteiger partial charge is 0.480 e. The van der Waals surface area contributed by atoms with Crippen molar-refractivity contribution in [2.45, 2.75) is 10.9 Å². The van der Waals surface area contributed by atoms with Gasteiger partial charge >= 0.3 is 5.97 Å². The highest BCUT2D eigenvalue weighted by molar-refractivity contribution is 7.98. The maximum absolute atomic E-state index is 12.3. The van der Waals surface area contributed by atoms with Crippen LogP contribution in [0.3, 0.4) is 0 Å². The highest BCUT2D eigenvalue weighted by Gasteiger charge is 2.35. The van der Waals surface area contributed by atoms with E-state index in [0.29, 0.717) is 5.56 Å². The molecule has 0 spiro atoms. The summed E-state index contributed by atoms with van der Waals surface area (Å²) in [5.74, 6) is -1.92. The molecule has 20 heavy (non-hydrogen) atoms. The van der Waals surface area contributed by atoms with Crippen molar-refractivity contribution < 1.29 is 19.5 Å². The van der Waals surface area contributed by atoms with Crippen LogP contribution in [-0.2, 0) is 9.59 Å². The molecule has 6 nitrogen and oxygen atoms in total. The molecule has 2 N–H and O–H groups in total. The minimum atomic E-state index is -1.13. The number of hydrogen-bond acceptors (Lipinski definition) is 4. The lowest BCUT2D eigenvalue weighted by Gasteiger charge is -2.32. The molecule has 1 heterocycles. The Kier molecular flexibility index (Phi) is 4.29. The van der Waals surface area contributed by atoms with Gasteiger partial charge in [0.15, 0.2) is 0 Å². The van der Waals surface area contributed by atoms with Crippen LogP contribution < -0.4 is 5.32 Å². The van der Waals surface area contributed by atoms with Crippen molar-refractivity contribution in [2.24, 2.45) is 0 Å². The first-order chi connectivity index (χ1) is 9.52. The summed E-state index contributed by atoms with van der Waals surface area (Å²) < 4.78 is 0. The van der Waals surface area contributed by atoms with Crippen LogP contribution in [0.4, 0.5) is 0 Å². The van der Waals surface area contributed by atoms with Gasteiger partial charge in [0.1, 0.15) is 12.6 Å². The van der Waals surface area contributed by atoms with Gasteiger partial charge in [-0.3, -0.25) is 9.59 Å². The van der Waals surface area contributed by atoms with E-state index in [1.165, 1.54) is 0 Å². The molecule has 0 radical (unpaired) electrons. The SMILES string of the molecule is CSc1ccc(C(=O)N2CC(=O)NCC2C(=O)O)cc1. The molecule has 2 rings (SSSR count). The van der Waals surface area contributed by atoms with E-state index in [2.05, 4.69) is 5.32 Å². The number of nitrogens with zero attached hydrogens (tertiary/aromatic N) is 1. The van der Waals surface area contributed by atoms with Crippen molar-refractivity contribution in [2.75, 3.05) is 19.3 Å². The molecule has 1 aliphatic heterocycles. The number of amides is 2. The second kappa shape index (κ2) is 5.96. The molecule has 1 aromatic carbocycles. The van der Waals surface area contributed by atoms with Crippen LogP contribution in [-0.4, -0.2) is 53.2 Å². The van der Waals surface area contributed by atoms with E-state index in [4.69, 9.17) is 5.11 Å². The monoisotopic (exact) mass is 294 g/mol. The van der Waals surface area contributed by atoms with Crippen molar-refractivity contribution in [1.29, 1.82) is 0 Å². The smallest absolute Gasteiger partial charge is 0.328 e. The summed E-state index contributed by atoms with van der Waals surface area (Å²) in [6, 6.07) is 5.83. The molecular formula is C13H14N2O4S. The zero-order valence-electron chi connectivity index (χ0n) is 10.8. The summed E-state index contributed by atoms with van der Waals surface area (Å²) in [5.41, 5.74) is 0.378. The number of rotatable bonds is 3.